The Balaban J connectivity index is 1.88. The summed E-state index contributed by atoms with van der Waals surface area (Å²) in [5.74, 6) is 0.546. The van der Waals surface area contributed by atoms with E-state index in [1.54, 1.807) is 26.0 Å². The number of rotatable bonds is 7. The van der Waals surface area contributed by atoms with Gasteiger partial charge in [-0.15, -0.1) is 0 Å². The molecule has 2 aromatic rings. The minimum Gasteiger partial charge on any atom is -0.466 e. The van der Waals surface area contributed by atoms with Crippen LogP contribution in [-0.4, -0.2) is 20.1 Å². The molecule has 0 aliphatic heterocycles. The van der Waals surface area contributed by atoms with Crippen LogP contribution in [0.25, 0.3) is 0 Å². The third-order valence-corrected chi connectivity index (χ3v) is 4.78. The van der Waals surface area contributed by atoms with Crippen LogP contribution in [0.3, 0.4) is 0 Å². The van der Waals surface area contributed by atoms with Crippen molar-refractivity contribution in [1.29, 1.82) is 0 Å². The molecular formula is C16H20FNO4S. The van der Waals surface area contributed by atoms with Gasteiger partial charge in [0, 0.05) is 12.1 Å². The largest absolute Gasteiger partial charge is 0.466 e. The SMILES string of the molecule is Cc1cc(C(O)CCNS(=O)(=O)Cc2cccc(F)c2)c(C)o1. The van der Waals surface area contributed by atoms with E-state index in [1.165, 1.54) is 18.2 Å². The van der Waals surface area contributed by atoms with Gasteiger partial charge in [0.15, 0.2) is 0 Å². The van der Waals surface area contributed by atoms with Crippen LogP contribution in [0, 0.1) is 19.7 Å². The highest BCUT2D eigenvalue weighted by molar-refractivity contribution is 7.88. The van der Waals surface area contributed by atoms with Crippen LogP contribution in [0.1, 0.15) is 35.2 Å². The molecule has 126 valence electrons. The Labute approximate surface area is 135 Å². The zero-order valence-corrected chi connectivity index (χ0v) is 13.9. The zero-order chi connectivity index (χ0) is 17.0. The molecule has 0 radical (unpaired) electrons. The van der Waals surface area contributed by atoms with Crippen LogP contribution >= 0.6 is 0 Å². The molecule has 2 N–H and O–H groups in total. The molecule has 0 aliphatic carbocycles. The first-order chi connectivity index (χ1) is 10.8. The molecule has 0 bridgehead atoms. The van der Waals surface area contributed by atoms with Gasteiger partial charge in [-0.05, 0) is 44.0 Å². The lowest BCUT2D eigenvalue weighted by Gasteiger charge is -2.11. The third-order valence-electron chi connectivity index (χ3n) is 3.42. The molecule has 1 atom stereocenters. The summed E-state index contributed by atoms with van der Waals surface area (Å²) in [6.07, 6.45) is -0.577. The van der Waals surface area contributed by atoms with Gasteiger partial charge in [-0.1, -0.05) is 12.1 Å². The van der Waals surface area contributed by atoms with E-state index in [1.807, 2.05) is 0 Å². The molecule has 0 fully saturated rings. The summed E-state index contributed by atoms with van der Waals surface area (Å²) in [5.41, 5.74) is 1.03. The summed E-state index contributed by atoms with van der Waals surface area (Å²) in [7, 11) is -3.59. The van der Waals surface area contributed by atoms with Crippen molar-refractivity contribution in [3.05, 3.63) is 58.8 Å². The molecule has 0 amide bonds. The van der Waals surface area contributed by atoms with Gasteiger partial charge in [-0.3, -0.25) is 0 Å². The van der Waals surface area contributed by atoms with Crippen LogP contribution in [-0.2, 0) is 15.8 Å². The summed E-state index contributed by atoms with van der Waals surface area (Å²) in [5, 5.41) is 10.1. The average molecular weight is 341 g/mol. The smallest absolute Gasteiger partial charge is 0.215 e. The maximum absolute atomic E-state index is 13.1. The number of halogens is 1. The quantitative estimate of drug-likeness (QED) is 0.811. The van der Waals surface area contributed by atoms with Gasteiger partial charge in [-0.2, -0.15) is 0 Å². The number of nitrogens with one attached hydrogen (secondary N) is 1. The normalized spacial score (nSPS) is 13.2. The lowest BCUT2D eigenvalue weighted by molar-refractivity contribution is 0.167. The summed E-state index contributed by atoms with van der Waals surface area (Å²) in [6, 6.07) is 7.20. The van der Waals surface area contributed by atoms with Gasteiger partial charge in [0.1, 0.15) is 17.3 Å². The Kier molecular flexibility index (Phi) is 5.56. The Morgan fingerprint density at radius 2 is 2.04 bits per heavy atom. The predicted octanol–water partition coefficient (Wildman–Crippen LogP) is 2.58. The van der Waals surface area contributed by atoms with E-state index >= 15 is 0 Å². The second-order valence-corrected chi connectivity index (χ2v) is 7.26. The number of benzene rings is 1. The first-order valence-electron chi connectivity index (χ1n) is 7.23. The van der Waals surface area contributed by atoms with E-state index in [-0.39, 0.29) is 18.7 Å². The van der Waals surface area contributed by atoms with Crippen molar-refractivity contribution in [2.24, 2.45) is 0 Å². The van der Waals surface area contributed by atoms with Crippen molar-refractivity contribution >= 4 is 10.0 Å². The van der Waals surface area contributed by atoms with E-state index in [4.69, 9.17) is 4.42 Å². The van der Waals surface area contributed by atoms with Gasteiger partial charge in [0.25, 0.3) is 0 Å². The number of sulfonamides is 1. The van der Waals surface area contributed by atoms with Crippen molar-refractivity contribution in [2.75, 3.05) is 6.54 Å². The highest BCUT2D eigenvalue weighted by Gasteiger charge is 2.16. The van der Waals surface area contributed by atoms with E-state index in [0.717, 1.165) is 0 Å². The molecule has 1 aromatic heterocycles. The van der Waals surface area contributed by atoms with Crippen LogP contribution in [0.4, 0.5) is 4.39 Å². The minimum absolute atomic E-state index is 0.0858. The number of aliphatic hydroxyl groups is 1. The zero-order valence-electron chi connectivity index (χ0n) is 13.0. The highest BCUT2D eigenvalue weighted by Crippen LogP contribution is 2.23. The van der Waals surface area contributed by atoms with Crippen LogP contribution in [0.15, 0.2) is 34.7 Å². The second kappa shape index (κ2) is 7.25. The number of aryl methyl sites for hydroxylation is 2. The molecule has 7 heteroatoms. The van der Waals surface area contributed by atoms with Gasteiger partial charge in [0.05, 0.1) is 11.9 Å². The first-order valence-corrected chi connectivity index (χ1v) is 8.89. The molecule has 5 nitrogen and oxygen atoms in total. The molecule has 1 heterocycles. The minimum atomic E-state index is -3.59. The Morgan fingerprint density at radius 1 is 1.30 bits per heavy atom. The highest BCUT2D eigenvalue weighted by atomic mass is 32.2. The lowest BCUT2D eigenvalue weighted by atomic mass is 10.1. The number of hydrogen-bond acceptors (Lipinski definition) is 4. The summed E-state index contributed by atoms with van der Waals surface area (Å²) in [6.45, 7) is 3.62. The molecule has 1 aromatic carbocycles. The maximum atomic E-state index is 13.1. The van der Waals surface area contributed by atoms with Crippen molar-refractivity contribution < 1.29 is 22.3 Å². The Hall–Kier alpha value is -1.70. The summed E-state index contributed by atoms with van der Waals surface area (Å²) >= 11 is 0. The number of furan rings is 1. The summed E-state index contributed by atoms with van der Waals surface area (Å²) < 4.78 is 44.8. The molecular weight excluding hydrogens is 321 g/mol. The van der Waals surface area contributed by atoms with Crippen molar-refractivity contribution in [1.82, 2.24) is 4.72 Å². The fraction of sp³-hybridized carbons (Fsp3) is 0.375. The van der Waals surface area contributed by atoms with E-state index in [0.29, 0.717) is 22.6 Å². The maximum Gasteiger partial charge on any atom is 0.215 e. The number of hydrogen-bond donors (Lipinski definition) is 2. The average Bonchev–Trinajstić information content (AvgIpc) is 2.77. The van der Waals surface area contributed by atoms with E-state index < -0.39 is 21.9 Å². The topological polar surface area (TPSA) is 79.5 Å². The van der Waals surface area contributed by atoms with Crippen LogP contribution < -0.4 is 4.72 Å². The first kappa shape index (κ1) is 17.7. The molecule has 1 unspecified atom stereocenters. The van der Waals surface area contributed by atoms with E-state index in [2.05, 4.69) is 4.72 Å². The van der Waals surface area contributed by atoms with Crippen molar-refractivity contribution in [2.45, 2.75) is 32.1 Å². The van der Waals surface area contributed by atoms with Crippen molar-refractivity contribution in [3.63, 3.8) is 0 Å². The van der Waals surface area contributed by atoms with Gasteiger partial charge >= 0.3 is 0 Å². The Bertz CT molecular complexity index is 770. The molecule has 2 rings (SSSR count). The fourth-order valence-electron chi connectivity index (χ4n) is 2.39. The molecule has 0 saturated carbocycles. The standard InChI is InChI=1S/C16H20FNO4S/c1-11-8-15(12(2)22-11)16(19)6-7-18-23(20,21)10-13-4-3-5-14(17)9-13/h3-5,8-9,16,18-19H,6-7,10H2,1-2H3. The van der Waals surface area contributed by atoms with Gasteiger partial charge in [0.2, 0.25) is 10.0 Å². The van der Waals surface area contributed by atoms with Crippen LogP contribution in [0.2, 0.25) is 0 Å². The monoisotopic (exact) mass is 341 g/mol. The summed E-state index contributed by atoms with van der Waals surface area (Å²) in [4.78, 5) is 0. The molecule has 23 heavy (non-hydrogen) atoms. The molecule has 0 aliphatic rings. The third kappa shape index (κ3) is 5.16. The lowest BCUT2D eigenvalue weighted by Crippen LogP contribution is -2.27. The predicted molar refractivity (Wildman–Crippen MR) is 84.8 cm³/mol. The molecule has 0 saturated heterocycles. The van der Waals surface area contributed by atoms with Gasteiger partial charge in [-0.25, -0.2) is 17.5 Å². The van der Waals surface area contributed by atoms with E-state index in [9.17, 15) is 17.9 Å². The van der Waals surface area contributed by atoms with Gasteiger partial charge < -0.3 is 9.52 Å². The van der Waals surface area contributed by atoms with Crippen LogP contribution in [0.5, 0.6) is 0 Å². The number of aliphatic hydroxyl groups excluding tert-OH is 1. The fourth-order valence-corrected chi connectivity index (χ4v) is 3.53. The molecule has 0 spiro atoms. The Morgan fingerprint density at radius 3 is 2.65 bits per heavy atom. The van der Waals surface area contributed by atoms with Crippen molar-refractivity contribution in [3.8, 4) is 0 Å². The second-order valence-electron chi connectivity index (χ2n) is 5.46.